The van der Waals surface area contributed by atoms with Crippen LogP contribution in [0.5, 0.6) is 5.75 Å². The zero-order valence-corrected chi connectivity index (χ0v) is 14.0. The predicted octanol–water partition coefficient (Wildman–Crippen LogP) is 2.08. The second-order valence-electron chi connectivity index (χ2n) is 5.07. The third-order valence-electron chi connectivity index (χ3n) is 3.51. The Morgan fingerprint density at radius 2 is 1.72 bits per heavy atom. The number of carbonyl (C=O) groups is 3. The van der Waals surface area contributed by atoms with E-state index in [1.807, 2.05) is 0 Å². The lowest BCUT2D eigenvalue weighted by molar-refractivity contribution is -0.139. The highest BCUT2D eigenvalue weighted by Crippen LogP contribution is 2.31. The second-order valence-corrected chi connectivity index (χ2v) is 5.07. The summed E-state index contributed by atoms with van der Waals surface area (Å²) in [6, 6.07) is 4.14. The number of ketones is 1. The van der Waals surface area contributed by atoms with Crippen molar-refractivity contribution in [2.24, 2.45) is 0 Å². The summed E-state index contributed by atoms with van der Waals surface area (Å²) >= 11 is 0. The number of hydrogen-bond donors (Lipinski definition) is 1. The van der Waals surface area contributed by atoms with Gasteiger partial charge in [0.2, 0.25) is 0 Å². The highest BCUT2D eigenvalue weighted by Gasteiger charge is 2.29. The molecule has 1 aliphatic heterocycles. The molecule has 1 aromatic carbocycles. The van der Waals surface area contributed by atoms with Gasteiger partial charge in [0.05, 0.1) is 25.5 Å². The minimum absolute atomic E-state index is 0.0260. The number of aromatic hydroxyl groups is 1. The van der Waals surface area contributed by atoms with Crippen molar-refractivity contribution in [3.63, 3.8) is 0 Å². The molecular weight excluding hydrogens is 326 g/mol. The molecule has 130 valence electrons. The summed E-state index contributed by atoms with van der Waals surface area (Å²) in [6.07, 6.45) is 6.08. The van der Waals surface area contributed by atoms with Crippen molar-refractivity contribution in [2.45, 2.75) is 6.92 Å². The zero-order chi connectivity index (χ0) is 18.6. The first-order valence-electron chi connectivity index (χ1n) is 7.29. The number of esters is 2. The number of benzene rings is 1. The molecule has 25 heavy (non-hydrogen) atoms. The van der Waals surface area contributed by atoms with Gasteiger partial charge in [0.1, 0.15) is 11.4 Å². The summed E-state index contributed by atoms with van der Waals surface area (Å²) in [5.74, 6) is -1.92. The molecule has 1 N–H and O–H groups in total. The standard InChI is InChI=1S/C18H17NO6/c1-11(20)14-10-12(21)7-8-15(14)19-9-5-4-6-13(17(22)24-2)16(19)18(23)25-3/h4-10,21H,1-3H3. The highest BCUT2D eigenvalue weighted by molar-refractivity contribution is 6.07. The van der Waals surface area contributed by atoms with E-state index in [0.717, 1.165) is 0 Å². The summed E-state index contributed by atoms with van der Waals surface area (Å²) < 4.78 is 9.53. The van der Waals surface area contributed by atoms with Gasteiger partial charge in [0.15, 0.2) is 5.78 Å². The van der Waals surface area contributed by atoms with Crippen molar-refractivity contribution < 1.29 is 29.0 Å². The summed E-state index contributed by atoms with van der Waals surface area (Å²) in [6.45, 7) is 1.33. The number of allylic oxidation sites excluding steroid dienone is 2. The molecule has 0 atom stereocenters. The smallest absolute Gasteiger partial charge is 0.355 e. The van der Waals surface area contributed by atoms with E-state index in [-0.39, 0.29) is 28.4 Å². The maximum atomic E-state index is 12.4. The highest BCUT2D eigenvalue weighted by atomic mass is 16.5. The van der Waals surface area contributed by atoms with Crippen LogP contribution in [0.2, 0.25) is 0 Å². The molecule has 0 saturated heterocycles. The number of rotatable bonds is 4. The zero-order valence-electron chi connectivity index (χ0n) is 14.0. The number of phenols is 1. The van der Waals surface area contributed by atoms with Crippen molar-refractivity contribution in [3.05, 3.63) is 59.5 Å². The van der Waals surface area contributed by atoms with E-state index >= 15 is 0 Å². The molecule has 0 aromatic heterocycles. The Bertz CT molecular complexity index is 819. The fourth-order valence-electron chi connectivity index (χ4n) is 2.37. The predicted molar refractivity (Wildman–Crippen MR) is 89.9 cm³/mol. The fraction of sp³-hybridized carbons (Fsp3) is 0.167. The van der Waals surface area contributed by atoms with Gasteiger partial charge in [-0.3, -0.25) is 4.79 Å². The van der Waals surface area contributed by atoms with E-state index < -0.39 is 11.9 Å². The molecule has 1 aromatic rings. The quantitative estimate of drug-likeness (QED) is 0.661. The molecule has 2 rings (SSSR count). The van der Waals surface area contributed by atoms with Gasteiger partial charge < -0.3 is 19.5 Å². The van der Waals surface area contributed by atoms with Crippen LogP contribution in [0.15, 0.2) is 53.9 Å². The molecular formula is C18H17NO6. The van der Waals surface area contributed by atoms with Crippen LogP contribution >= 0.6 is 0 Å². The fourth-order valence-corrected chi connectivity index (χ4v) is 2.37. The molecule has 0 amide bonds. The summed E-state index contributed by atoms with van der Waals surface area (Å²) in [4.78, 5) is 37.8. The van der Waals surface area contributed by atoms with Gasteiger partial charge in [-0.1, -0.05) is 6.08 Å². The minimum atomic E-state index is -0.779. The molecule has 1 aliphatic rings. The van der Waals surface area contributed by atoms with E-state index in [2.05, 4.69) is 0 Å². The average molecular weight is 343 g/mol. The number of phenolic OH excluding ortho intramolecular Hbond substituents is 1. The molecule has 0 saturated carbocycles. The van der Waals surface area contributed by atoms with Crippen LogP contribution in [0.1, 0.15) is 17.3 Å². The Kier molecular flexibility index (Phi) is 5.38. The van der Waals surface area contributed by atoms with Crippen molar-refractivity contribution in [3.8, 4) is 5.75 Å². The molecule has 7 heteroatoms. The van der Waals surface area contributed by atoms with E-state index in [4.69, 9.17) is 9.47 Å². The summed E-state index contributed by atoms with van der Waals surface area (Å²) in [5.41, 5.74) is 0.360. The molecule has 0 unspecified atom stereocenters. The topological polar surface area (TPSA) is 93.1 Å². The van der Waals surface area contributed by atoms with Crippen molar-refractivity contribution in [2.75, 3.05) is 19.1 Å². The van der Waals surface area contributed by atoms with Crippen molar-refractivity contribution in [1.82, 2.24) is 0 Å². The van der Waals surface area contributed by atoms with E-state index in [0.29, 0.717) is 5.69 Å². The lowest BCUT2D eigenvalue weighted by atomic mass is 10.1. The Balaban J connectivity index is 2.76. The Hall–Kier alpha value is -3.35. The number of methoxy groups -OCH3 is 2. The third kappa shape index (κ3) is 3.60. The van der Waals surface area contributed by atoms with Gasteiger partial charge in [-0.05, 0) is 37.3 Å². The largest absolute Gasteiger partial charge is 0.508 e. The first-order valence-corrected chi connectivity index (χ1v) is 7.29. The van der Waals surface area contributed by atoms with Gasteiger partial charge >= 0.3 is 11.9 Å². The number of nitrogens with zero attached hydrogens (tertiary/aromatic N) is 1. The van der Waals surface area contributed by atoms with Crippen LogP contribution in [0, 0.1) is 0 Å². The lowest BCUT2D eigenvalue weighted by Crippen LogP contribution is -2.28. The van der Waals surface area contributed by atoms with E-state index in [1.54, 1.807) is 12.2 Å². The number of Topliss-reactive ketones (excluding diaryl/α,β-unsaturated/α-hetero) is 1. The minimum Gasteiger partial charge on any atom is -0.508 e. The van der Waals surface area contributed by atoms with Crippen LogP contribution in [0.4, 0.5) is 5.69 Å². The van der Waals surface area contributed by atoms with Gasteiger partial charge in [-0.15, -0.1) is 0 Å². The lowest BCUT2D eigenvalue weighted by Gasteiger charge is -2.24. The second kappa shape index (κ2) is 7.48. The Morgan fingerprint density at radius 3 is 2.32 bits per heavy atom. The summed E-state index contributed by atoms with van der Waals surface area (Å²) in [5, 5.41) is 9.66. The van der Waals surface area contributed by atoms with Crippen molar-refractivity contribution in [1.29, 1.82) is 0 Å². The molecule has 0 aliphatic carbocycles. The number of carbonyl (C=O) groups excluding carboxylic acids is 3. The molecule has 0 bridgehead atoms. The SMILES string of the molecule is COC(=O)C1=C(C(=O)OC)N(c2ccc(O)cc2C(C)=O)C=CC=C1. The van der Waals surface area contributed by atoms with E-state index in [9.17, 15) is 19.5 Å². The van der Waals surface area contributed by atoms with Crippen molar-refractivity contribution >= 4 is 23.4 Å². The van der Waals surface area contributed by atoms with Crippen LogP contribution in [-0.4, -0.2) is 37.0 Å². The first kappa shape index (κ1) is 18.0. The molecule has 7 nitrogen and oxygen atoms in total. The van der Waals surface area contributed by atoms with Crippen LogP contribution < -0.4 is 4.90 Å². The van der Waals surface area contributed by atoms with Gasteiger partial charge in [0.25, 0.3) is 0 Å². The monoisotopic (exact) mass is 343 g/mol. The number of anilines is 1. The molecule has 0 fully saturated rings. The van der Waals surface area contributed by atoms with E-state index in [1.165, 1.54) is 56.5 Å². The van der Waals surface area contributed by atoms with Crippen LogP contribution in [-0.2, 0) is 19.1 Å². The first-order chi connectivity index (χ1) is 11.9. The third-order valence-corrected chi connectivity index (χ3v) is 3.51. The van der Waals surface area contributed by atoms with Gasteiger partial charge in [0, 0.05) is 11.8 Å². The Labute approximate surface area is 144 Å². The average Bonchev–Trinajstić information content (AvgIpc) is 2.83. The van der Waals surface area contributed by atoms with Crippen LogP contribution in [0.3, 0.4) is 0 Å². The Morgan fingerprint density at radius 1 is 1.04 bits per heavy atom. The van der Waals surface area contributed by atoms with Gasteiger partial charge in [-0.25, -0.2) is 9.59 Å². The normalized spacial score (nSPS) is 13.5. The summed E-state index contributed by atoms with van der Waals surface area (Å²) in [7, 11) is 2.38. The molecule has 0 radical (unpaired) electrons. The maximum absolute atomic E-state index is 12.4. The number of hydrogen-bond acceptors (Lipinski definition) is 7. The molecule has 0 spiro atoms. The molecule has 1 heterocycles. The van der Waals surface area contributed by atoms with Gasteiger partial charge in [-0.2, -0.15) is 0 Å². The maximum Gasteiger partial charge on any atom is 0.355 e. The van der Waals surface area contributed by atoms with Crippen LogP contribution in [0.25, 0.3) is 0 Å². The number of ether oxygens (including phenoxy) is 2.